The SMILES string of the molecule is COc1ccc(C(=O)NC(C)c2ccc(Cl)cc2)cc1[N+](=O)[O-]. The molecule has 2 aromatic carbocycles. The molecule has 1 N–H and O–H groups in total. The number of carbonyl (C=O) groups is 1. The molecule has 2 aromatic rings. The Labute approximate surface area is 138 Å². The number of hydrogen-bond acceptors (Lipinski definition) is 4. The first-order valence-corrected chi connectivity index (χ1v) is 7.19. The van der Waals surface area contributed by atoms with E-state index in [1.165, 1.54) is 25.3 Å². The number of nitrogens with one attached hydrogen (secondary N) is 1. The number of halogens is 1. The first-order chi connectivity index (χ1) is 10.9. The monoisotopic (exact) mass is 334 g/mol. The molecule has 1 amide bonds. The van der Waals surface area contributed by atoms with Gasteiger partial charge in [-0.05, 0) is 36.8 Å². The largest absolute Gasteiger partial charge is 0.490 e. The lowest BCUT2D eigenvalue weighted by Gasteiger charge is -2.14. The number of nitro benzene ring substituents is 1. The van der Waals surface area contributed by atoms with Crippen LogP contribution >= 0.6 is 11.6 Å². The van der Waals surface area contributed by atoms with Crippen molar-refractivity contribution in [1.29, 1.82) is 0 Å². The van der Waals surface area contributed by atoms with E-state index >= 15 is 0 Å². The van der Waals surface area contributed by atoms with E-state index in [1.54, 1.807) is 12.1 Å². The Morgan fingerprint density at radius 2 is 1.91 bits per heavy atom. The molecule has 6 nitrogen and oxygen atoms in total. The summed E-state index contributed by atoms with van der Waals surface area (Å²) in [6, 6.07) is 10.9. The van der Waals surface area contributed by atoms with E-state index in [1.807, 2.05) is 19.1 Å². The first-order valence-electron chi connectivity index (χ1n) is 6.81. The fourth-order valence-corrected chi connectivity index (χ4v) is 2.21. The molecule has 0 saturated heterocycles. The number of nitro groups is 1. The number of hydrogen-bond donors (Lipinski definition) is 1. The Morgan fingerprint density at radius 1 is 1.26 bits per heavy atom. The zero-order chi connectivity index (χ0) is 17.0. The molecule has 1 unspecified atom stereocenters. The molecule has 0 fully saturated rings. The van der Waals surface area contributed by atoms with Crippen molar-refractivity contribution in [3.05, 3.63) is 68.7 Å². The third kappa shape index (κ3) is 3.98. The van der Waals surface area contributed by atoms with E-state index in [9.17, 15) is 14.9 Å². The van der Waals surface area contributed by atoms with Gasteiger partial charge in [-0.1, -0.05) is 23.7 Å². The number of ether oxygens (including phenoxy) is 1. The van der Waals surface area contributed by atoms with E-state index in [2.05, 4.69) is 5.32 Å². The smallest absolute Gasteiger partial charge is 0.311 e. The van der Waals surface area contributed by atoms with Crippen molar-refractivity contribution in [2.45, 2.75) is 13.0 Å². The van der Waals surface area contributed by atoms with Gasteiger partial charge in [0, 0.05) is 16.7 Å². The van der Waals surface area contributed by atoms with Gasteiger partial charge in [-0.3, -0.25) is 14.9 Å². The van der Waals surface area contributed by atoms with Crippen LogP contribution in [0.5, 0.6) is 5.75 Å². The highest BCUT2D eigenvalue weighted by atomic mass is 35.5. The molecular weight excluding hydrogens is 320 g/mol. The second kappa shape index (κ2) is 7.11. The number of nitrogens with zero attached hydrogens (tertiary/aromatic N) is 1. The summed E-state index contributed by atoms with van der Waals surface area (Å²) in [7, 11) is 1.34. The summed E-state index contributed by atoms with van der Waals surface area (Å²) < 4.78 is 4.92. The molecule has 0 aliphatic heterocycles. The summed E-state index contributed by atoms with van der Waals surface area (Å²) in [4.78, 5) is 22.7. The Kier molecular flexibility index (Phi) is 5.18. The molecule has 120 valence electrons. The molecule has 1 atom stereocenters. The minimum atomic E-state index is -0.585. The van der Waals surface area contributed by atoms with E-state index in [0.717, 1.165) is 5.56 Å². The molecule has 0 heterocycles. The lowest BCUT2D eigenvalue weighted by Crippen LogP contribution is -2.26. The van der Waals surface area contributed by atoms with E-state index in [-0.39, 0.29) is 23.0 Å². The summed E-state index contributed by atoms with van der Waals surface area (Å²) >= 11 is 5.83. The van der Waals surface area contributed by atoms with E-state index in [4.69, 9.17) is 16.3 Å². The highest BCUT2D eigenvalue weighted by molar-refractivity contribution is 6.30. The predicted molar refractivity (Wildman–Crippen MR) is 87.0 cm³/mol. The lowest BCUT2D eigenvalue weighted by atomic mass is 10.1. The highest BCUT2D eigenvalue weighted by Crippen LogP contribution is 2.27. The van der Waals surface area contributed by atoms with Gasteiger partial charge in [-0.25, -0.2) is 0 Å². The second-order valence-electron chi connectivity index (χ2n) is 4.89. The predicted octanol–water partition coefficient (Wildman–Crippen LogP) is 3.75. The van der Waals surface area contributed by atoms with Crippen LogP contribution in [0.1, 0.15) is 28.9 Å². The van der Waals surface area contributed by atoms with Gasteiger partial charge < -0.3 is 10.1 Å². The van der Waals surface area contributed by atoms with Crippen LogP contribution in [0.2, 0.25) is 5.02 Å². The summed E-state index contributed by atoms with van der Waals surface area (Å²) in [5.41, 5.74) is 0.823. The average molecular weight is 335 g/mol. The Hall–Kier alpha value is -2.60. The molecule has 0 aliphatic carbocycles. The minimum Gasteiger partial charge on any atom is -0.490 e. The van der Waals surface area contributed by atoms with Crippen molar-refractivity contribution < 1.29 is 14.5 Å². The van der Waals surface area contributed by atoms with Crippen LogP contribution in [0.15, 0.2) is 42.5 Å². The van der Waals surface area contributed by atoms with E-state index in [0.29, 0.717) is 5.02 Å². The quantitative estimate of drug-likeness (QED) is 0.667. The maximum absolute atomic E-state index is 12.3. The van der Waals surface area contributed by atoms with Crippen LogP contribution in [-0.2, 0) is 0 Å². The number of rotatable bonds is 5. The van der Waals surface area contributed by atoms with E-state index < -0.39 is 10.8 Å². The summed E-state index contributed by atoms with van der Waals surface area (Å²) in [6.45, 7) is 1.82. The highest BCUT2D eigenvalue weighted by Gasteiger charge is 2.19. The summed E-state index contributed by atoms with van der Waals surface area (Å²) in [5.74, 6) is -0.296. The van der Waals surface area contributed by atoms with Crippen molar-refractivity contribution in [1.82, 2.24) is 5.32 Å². The standard InChI is InChI=1S/C16H15ClN2O4/c1-10(11-3-6-13(17)7-4-11)18-16(20)12-5-8-15(23-2)14(9-12)19(21)22/h3-10H,1-2H3,(H,18,20). The molecule has 0 aliphatic rings. The molecule has 0 saturated carbocycles. The maximum Gasteiger partial charge on any atom is 0.311 e. The molecule has 2 rings (SSSR count). The van der Waals surface area contributed by atoms with Gasteiger partial charge >= 0.3 is 5.69 Å². The van der Waals surface area contributed by atoms with Crippen LogP contribution in [-0.4, -0.2) is 17.9 Å². The Morgan fingerprint density at radius 3 is 2.48 bits per heavy atom. The van der Waals surface area contributed by atoms with Crippen LogP contribution < -0.4 is 10.1 Å². The fraction of sp³-hybridized carbons (Fsp3) is 0.188. The number of amides is 1. The van der Waals surface area contributed by atoms with Crippen LogP contribution in [0.25, 0.3) is 0 Å². The molecule has 0 spiro atoms. The molecule has 23 heavy (non-hydrogen) atoms. The van der Waals surface area contributed by atoms with Crippen molar-refractivity contribution >= 4 is 23.2 Å². The molecular formula is C16H15ClN2O4. The van der Waals surface area contributed by atoms with Gasteiger partial charge in [-0.15, -0.1) is 0 Å². The second-order valence-corrected chi connectivity index (χ2v) is 5.33. The minimum absolute atomic E-state index is 0.109. The van der Waals surface area contributed by atoms with Crippen molar-refractivity contribution in [2.24, 2.45) is 0 Å². The number of methoxy groups -OCH3 is 1. The Balaban J connectivity index is 2.18. The third-order valence-corrected chi connectivity index (χ3v) is 3.61. The topological polar surface area (TPSA) is 81.5 Å². The van der Waals surface area contributed by atoms with Gasteiger partial charge in [0.15, 0.2) is 5.75 Å². The molecule has 0 bridgehead atoms. The number of carbonyl (C=O) groups excluding carboxylic acids is 1. The zero-order valence-electron chi connectivity index (χ0n) is 12.6. The average Bonchev–Trinajstić information content (AvgIpc) is 2.54. The Bertz CT molecular complexity index is 731. The normalized spacial score (nSPS) is 11.6. The first kappa shape index (κ1) is 16.8. The summed E-state index contributed by atoms with van der Waals surface area (Å²) in [5, 5.41) is 14.4. The van der Waals surface area contributed by atoms with Crippen LogP contribution in [0.4, 0.5) is 5.69 Å². The van der Waals surface area contributed by atoms with Crippen LogP contribution in [0.3, 0.4) is 0 Å². The maximum atomic E-state index is 12.3. The zero-order valence-corrected chi connectivity index (χ0v) is 13.3. The summed E-state index contributed by atoms with van der Waals surface area (Å²) in [6.07, 6.45) is 0. The van der Waals surface area contributed by atoms with Gasteiger partial charge in [0.1, 0.15) is 0 Å². The van der Waals surface area contributed by atoms with Gasteiger partial charge in [0.2, 0.25) is 0 Å². The van der Waals surface area contributed by atoms with Crippen molar-refractivity contribution in [3.63, 3.8) is 0 Å². The van der Waals surface area contributed by atoms with Gasteiger partial charge in [0.05, 0.1) is 18.1 Å². The molecule has 7 heteroatoms. The van der Waals surface area contributed by atoms with Crippen molar-refractivity contribution in [2.75, 3.05) is 7.11 Å². The van der Waals surface area contributed by atoms with Gasteiger partial charge in [-0.2, -0.15) is 0 Å². The third-order valence-electron chi connectivity index (χ3n) is 3.36. The molecule has 0 radical (unpaired) electrons. The van der Waals surface area contributed by atoms with Gasteiger partial charge in [0.25, 0.3) is 5.91 Å². The molecule has 0 aromatic heterocycles. The number of benzene rings is 2. The fourth-order valence-electron chi connectivity index (χ4n) is 2.09. The lowest BCUT2D eigenvalue weighted by molar-refractivity contribution is -0.385. The van der Waals surface area contributed by atoms with Crippen molar-refractivity contribution in [3.8, 4) is 5.75 Å². The van der Waals surface area contributed by atoms with Crippen LogP contribution in [0, 0.1) is 10.1 Å².